The molecule has 1 atom stereocenters. The second-order valence-electron chi connectivity index (χ2n) is 4.40. The molecule has 0 unspecified atom stereocenters. The van der Waals surface area contributed by atoms with Gasteiger partial charge in [0.15, 0.2) is 0 Å². The first-order valence-corrected chi connectivity index (χ1v) is 6.25. The number of aliphatic hydroxyl groups is 1. The van der Waals surface area contributed by atoms with Crippen molar-refractivity contribution in [1.29, 1.82) is 0 Å². The van der Waals surface area contributed by atoms with E-state index in [1.165, 1.54) is 0 Å². The molecule has 0 heterocycles. The molecule has 0 aliphatic carbocycles. The Morgan fingerprint density at radius 3 is 2.59 bits per heavy atom. The molecule has 0 spiro atoms. The average Bonchev–Trinajstić information content (AvgIpc) is 2.34. The molecule has 96 valence electrons. The van der Waals surface area contributed by atoms with Gasteiger partial charge in [0.1, 0.15) is 0 Å². The number of benzene rings is 1. The fourth-order valence-corrected chi connectivity index (χ4v) is 1.55. The molecule has 0 bridgehead atoms. The van der Waals surface area contributed by atoms with Crippen LogP contribution in [0, 0.1) is 0 Å². The molecule has 3 nitrogen and oxygen atoms in total. The first kappa shape index (κ1) is 14.2. The van der Waals surface area contributed by atoms with E-state index < -0.39 is 6.10 Å². The topological polar surface area (TPSA) is 41.5 Å². The third kappa shape index (κ3) is 6.41. The van der Waals surface area contributed by atoms with Gasteiger partial charge in [-0.1, -0.05) is 30.3 Å². The lowest BCUT2D eigenvalue weighted by Crippen LogP contribution is -2.23. The van der Waals surface area contributed by atoms with Gasteiger partial charge in [-0.25, -0.2) is 0 Å². The van der Waals surface area contributed by atoms with E-state index in [1.807, 2.05) is 44.2 Å². The Hall–Kier alpha value is -0.900. The first-order valence-electron chi connectivity index (χ1n) is 6.25. The van der Waals surface area contributed by atoms with Crippen LogP contribution in [0.5, 0.6) is 0 Å². The van der Waals surface area contributed by atoms with Gasteiger partial charge in [-0.05, 0) is 32.4 Å². The van der Waals surface area contributed by atoms with E-state index in [9.17, 15) is 5.11 Å². The number of aliphatic hydroxyl groups excluding tert-OH is 1. The molecular formula is C14H23NO2. The van der Waals surface area contributed by atoms with Crippen molar-refractivity contribution in [1.82, 2.24) is 5.32 Å². The summed E-state index contributed by atoms with van der Waals surface area (Å²) in [4.78, 5) is 0. The normalized spacial score (nSPS) is 12.9. The Labute approximate surface area is 104 Å². The van der Waals surface area contributed by atoms with Crippen molar-refractivity contribution < 1.29 is 9.84 Å². The summed E-state index contributed by atoms with van der Waals surface area (Å²) in [5.41, 5.74) is 0.957. The highest BCUT2D eigenvalue weighted by atomic mass is 16.5. The molecule has 2 N–H and O–H groups in total. The number of nitrogens with one attached hydrogen (secondary N) is 1. The minimum absolute atomic E-state index is 0.296. The van der Waals surface area contributed by atoms with Crippen LogP contribution in [-0.2, 0) is 4.74 Å². The highest BCUT2D eigenvalue weighted by Crippen LogP contribution is 2.10. The van der Waals surface area contributed by atoms with E-state index in [1.54, 1.807) is 0 Å². The molecule has 1 aromatic rings. The van der Waals surface area contributed by atoms with E-state index in [0.29, 0.717) is 12.6 Å². The monoisotopic (exact) mass is 237 g/mol. The molecule has 17 heavy (non-hydrogen) atoms. The third-order valence-corrected chi connectivity index (χ3v) is 2.47. The zero-order valence-electron chi connectivity index (χ0n) is 10.7. The molecule has 0 saturated carbocycles. The minimum atomic E-state index is -0.429. The summed E-state index contributed by atoms with van der Waals surface area (Å²) in [5.74, 6) is 0. The van der Waals surface area contributed by atoms with Crippen molar-refractivity contribution in [3.05, 3.63) is 35.9 Å². The molecule has 0 radical (unpaired) electrons. The van der Waals surface area contributed by atoms with Gasteiger partial charge < -0.3 is 15.2 Å². The third-order valence-electron chi connectivity index (χ3n) is 2.47. The van der Waals surface area contributed by atoms with E-state index in [4.69, 9.17) is 4.74 Å². The second kappa shape index (κ2) is 8.23. The van der Waals surface area contributed by atoms with Gasteiger partial charge in [-0.15, -0.1) is 0 Å². The largest absolute Gasteiger partial charge is 0.387 e. The van der Waals surface area contributed by atoms with Crippen LogP contribution < -0.4 is 5.32 Å². The average molecular weight is 237 g/mol. The Morgan fingerprint density at radius 2 is 1.94 bits per heavy atom. The van der Waals surface area contributed by atoms with Crippen molar-refractivity contribution in [2.45, 2.75) is 32.5 Å². The minimum Gasteiger partial charge on any atom is -0.387 e. The summed E-state index contributed by atoms with van der Waals surface area (Å²) in [5, 5.41) is 13.1. The van der Waals surface area contributed by atoms with Crippen LogP contribution in [0.4, 0.5) is 0 Å². The van der Waals surface area contributed by atoms with E-state index in [-0.39, 0.29) is 0 Å². The molecule has 0 amide bonds. The summed E-state index contributed by atoms with van der Waals surface area (Å²) in [7, 11) is 0. The molecular weight excluding hydrogens is 214 g/mol. The van der Waals surface area contributed by atoms with E-state index in [2.05, 4.69) is 5.32 Å². The van der Waals surface area contributed by atoms with Gasteiger partial charge in [-0.3, -0.25) is 0 Å². The lowest BCUT2D eigenvalue weighted by Gasteiger charge is -2.12. The quantitative estimate of drug-likeness (QED) is 0.681. The summed E-state index contributed by atoms with van der Waals surface area (Å²) in [6.07, 6.45) is 0.840. The molecule has 0 saturated heterocycles. The van der Waals surface area contributed by atoms with Crippen LogP contribution in [0.2, 0.25) is 0 Å². The SMILES string of the molecule is CC(C)OCCCNC[C@@H](O)c1ccccc1. The van der Waals surface area contributed by atoms with E-state index in [0.717, 1.165) is 25.1 Å². The Kier molecular flexibility index (Phi) is 6.86. The van der Waals surface area contributed by atoms with Crippen LogP contribution >= 0.6 is 0 Å². The van der Waals surface area contributed by atoms with Crippen molar-refractivity contribution >= 4 is 0 Å². The summed E-state index contributed by atoms with van der Waals surface area (Å²) < 4.78 is 5.43. The van der Waals surface area contributed by atoms with Crippen LogP contribution in [0.15, 0.2) is 30.3 Å². The van der Waals surface area contributed by atoms with Gasteiger partial charge in [-0.2, -0.15) is 0 Å². The van der Waals surface area contributed by atoms with Crippen molar-refractivity contribution in [2.75, 3.05) is 19.7 Å². The number of ether oxygens (including phenoxy) is 1. The van der Waals surface area contributed by atoms with Crippen LogP contribution in [0.3, 0.4) is 0 Å². The fraction of sp³-hybridized carbons (Fsp3) is 0.571. The van der Waals surface area contributed by atoms with Crippen molar-refractivity contribution in [3.63, 3.8) is 0 Å². The molecule has 0 aliphatic rings. The maximum atomic E-state index is 9.87. The number of hydrogen-bond acceptors (Lipinski definition) is 3. The predicted molar refractivity (Wildman–Crippen MR) is 70.0 cm³/mol. The molecule has 1 aromatic carbocycles. The maximum absolute atomic E-state index is 9.87. The fourth-order valence-electron chi connectivity index (χ4n) is 1.55. The Balaban J connectivity index is 2.07. The van der Waals surface area contributed by atoms with E-state index >= 15 is 0 Å². The van der Waals surface area contributed by atoms with Crippen LogP contribution in [0.25, 0.3) is 0 Å². The van der Waals surface area contributed by atoms with Gasteiger partial charge in [0, 0.05) is 13.2 Å². The van der Waals surface area contributed by atoms with Crippen molar-refractivity contribution in [3.8, 4) is 0 Å². The standard InChI is InChI=1S/C14H23NO2/c1-12(2)17-10-6-9-15-11-14(16)13-7-4-3-5-8-13/h3-5,7-8,12,14-16H,6,9-11H2,1-2H3/t14-/m1/s1. The van der Waals surface area contributed by atoms with Gasteiger partial charge >= 0.3 is 0 Å². The van der Waals surface area contributed by atoms with Crippen molar-refractivity contribution in [2.24, 2.45) is 0 Å². The predicted octanol–water partition coefficient (Wildman–Crippen LogP) is 2.12. The zero-order chi connectivity index (χ0) is 12.5. The second-order valence-corrected chi connectivity index (χ2v) is 4.40. The molecule has 0 aliphatic heterocycles. The number of rotatable bonds is 8. The Morgan fingerprint density at radius 1 is 1.24 bits per heavy atom. The zero-order valence-corrected chi connectivity index (χ0v) is 10.7. The summed E-state index contributed by atoms with van der Waals surface area (Å²) in [6.45, 7) is 6.30. The van der Waals surface area contributed by atoms with Gasteiger partial charge in [0.2, 0.25) is 0 Å². The smallest absolute Gasteiger partial charge is 0.0914 e. The van der Waals surface area contributed by atoms with Crippen LogP contribution in [0.1, 0.15) is 31.9 Å². The molecule has 3 heteroatoms. The van der Waals surface area contributed by atoms with Crippen LogP contribution in [-0.4, -0.2) is 30.9 Å². The lowest BCUT2D eigenvalue weighted by molar-refractivity contribution is 0.0763. The summed E-state index contributed by atoms with van der Waals surface area (Å²) >= 11 is 0. The maximum Gasteiger partial charge on any atom is 0.0914 e. The molecule has 0 fully saturated rings. The highest BCUT2D eigenvalue weighted by molar-refractivity contribution is 5.17. The number of hydrogen-bond donors (Lipinski definition) is 2. The summed E-state index contributed by atoms with van der Waals surface area (Å²) in [6, 6.07) is 9.71. The molecule has 1 rings (SSSR count). The lowest BCUT2D eigenvalue weighted by atomic mass is 10.1. The highest BCUT2D eigenvalue weighted by Gasteiger charge is 2.05. The first-order chi connectivity index (χ1) is 8.20. The van der Waals surface area contributed by atoms with Gasteiger partial charge in [0.25, 0.3) is 0 Å². The van der Waals surface area contributed by atoms with Gasteiger partial charge in [0.05, 0.1) is 12.2 Å². The Bertz CT molecular complexity index is 288. The molecule has 0 aromatic heterocycles.